The van der Waals surface area contributed by atoms with Crippen LogP contribution in [0.2, 0.25) is 10.0 Å². The van der Waals surface area contributed by atoms with Gasteiger partial charge in [-0.15, -0.1) is 0 Å². The molecule has 4 aliphatic rings. The molecule has 1 saturated carbocycles. The van der Waals surface area contributed by atoms with Crippen LogP contribution in [0.3, 0.4) is 0 Å². The zero-order valence-electron chi connectivity index (χ0n) is 18.1. The molecule has 2 aliphatic carbocycles. The number of rotatable bonds is 2. The minimum absolute atomic E-state index is 0.213. The van der Waals surface area contributed by atoms with Crippen molar-refractivity contribution in [3.8, 4) is 0 Å². The van der Waals surface area contributed by atoms with Gasteiger partial charge in [-0.05, 0) is 25.0 Å². The van der Waals surface area contributed by atoms with Crippen molar-refractivity contribution < 1.29 is 23.9 Å². The lowest BCUT2D eigenvalue weighted by Gasteiger charge is -2.33. The number of amides is 2. The lowest BCUT2D eigenvalue weighted by Crippen LogP contribution is -2.52. The molecule has 2 saturated heterocycles. The zero-order chi connectivity index (χ0) is 23.8. The molecule has 3 atom stereocenters. The molecule has 2 amide bonds. The summed E-state index contributed by atoms with van der Waals surface area (Å²) in [6.07, 6.45) is 3.32. The molecule has 0 radical (unpaired) electrons. The topological polar surface area (TPSA) is 80.8 Å². The fourth-order valence-corrected chi connectivity index (χ4v) is 6.77. The van der Waals surface area contributed by atoms with Crippen molar-refractivity contribution in [3.05, 3.63) is 69.2 Å². The quantitative estimate of drug-likeness (QED) is 0.438. The van der Waals surface area contributed by atoms with E-state index in [9.17, 15) is 19.2 Å². The molecule has 34 heavy (non-hydrogen) atoms. The number of hydrogen-bond donors (Lipinski definition) is 0. The fraction of sp³-hybridized carbons (Fsp3) is 0.385. The number of fused-ring (bicyclic) bond motifs is 3. The van der Waals surface area contributed by atoms with Gasteiger partial charge in [0.1, 0.15) is 0 Å². The lowest BCUT2D eigenvalue weighted by atomic mass is 9.77. The van der Waals surface area contributed by atoms with Crippen molar-refractivity contribution in [1.29, 1.82) is 0 Å². The van der Waals surface area contributed by atoms with E-state index in [1.807, 2.05) is 0 Å². The summed E-state index contributed by atoms with van der Waals surface area (Å²) in [6.45, 7) is 0. The summed E-state index contributed by atoms with van der Waals surface area (Å²) in [4.78, 5) is 56.5. The number of ether oxygens (including phenoxy) is 1. The molecule has 2 aromatic carbocycles. The van der Waals surface area contributed by atoms with Gasteiger partial charge in [0.25, 0.3) is 0 Å². The Morgan fingerprint density at radius 1 is 0.853 bits per heavy atom. The minimum atomic E-state index is -2.07. The molecule has 0 aromatic heterocycles. The van der Waals surface area contributed by atoms with Crippen LogP contribution in [0.5, 0.6) is 0 Å². The van der Waals surface area contributed by atoms with E-state index in [1.54, 1.807) is 36.4 Å². The molecule has 0 N–H and O–H groups in total. The lowest BCUT2D eigenvalue weighted by molar-refractivity contribution is -0.148. The number of halogens is 2. The van der Waals surface area contributed by atoms with Gasteiger partial charge in [0.15, 0.2) is 0 Å². The maximum Gasteiger partial charge on any atom is 0.237 e. The van der Waals surface area contributed by atoms with Crippen LogP contribution >= 0.6 is 23.2 Å². The highest BCUT2D eigenvalue weighted by molar-refractivity contribution is 6.36. The van der Waals surface area contributed by atoms with Crippen molar-refractivity contribution in [3.63, 3.8) is 0 Å². The van der Waals surface area contributed by atoms with Gasteiger partial charge >= 0.3 is 0 Å². The first kappa shape index (κ1) is 22.0. The molecule has 6 nitrogen and oxygen atoms in total. The standard InChI is InChI=1S/C26H21Cl2NO5/c27-13-10-11-17(18(28)12-13)21-19-20(25(33)29(24(19)32)14-6-2-1-3-7-14)26(34-21)22(30)15-8-4-5-9-16(15)23(26)31/h4-5,8-12,14,19-21H,1-3,6-7H2/t19-,20-,21+/m1/s1. The molecular weight excluding hydrogens is 477 g/mol. The van der Waals surface area contributed by atoms with Gasteiger partial charge < -0.3 is 4.74 Å². The Hall–Kier alpha value is -2.54. The summed E-state index contributed by atoms with van der Waals surface area (Å²) in [5.41, 5.74) is -1.21. The second kappa shape index (κ2) is 7.74. The predicted octanol–water partition coefficient (Wildman–Crippen LogP) is 4.82. The Bertz CT molecular complexity index is 1230. The van der Waals surface area contributed by atoms with E-state index >= 15 is 0 Å². The predicted molar refractivity (Wildman–Crippen MR) is 124 cm³/mol. The summed E-state index contributed by atoms with van der Waals surface area (Å²) in [6, 6.07) is 11.0. The summed E-state index contributed by atoms with van der Waals surface area (Å²) in [7, 11) is 0. The summed E-state index contributed by atoms with van der Waals surface area (Å²) < 4.78 is 6.27. The van der Waals surface area contributed by atoms with Gasteiger partial charge in [0.2, 0.25) is 29.0 Å². The first-order valence-corrected chi connectivity index (χ1v) is 12.3. The van der Waals surface area contributed by atoms with Crippen molar-refractivity contribution in [2.45, 2.75) is 49.9 Å². The van der Waals surface area contributed by atoms with Crippen LogP contribution in [0.25, 0.3) is 0 Å². The second-order valence-electron chi connectivity index (χ2n) is 9.49. The molecule has 0 unspecified atom stereocenters. The van der Waals surface area contributed by atoms with E-state index < -0.39 is 46.9 Å². The largest absolute Gasteiger partial charge is 0.349 e. The average molecular weight is 498 g/mol. The molecule has 1 spiro atoms. The second-order valence-corrected chi connectivity index (χ2v) is 10.3. The molecule has 3 fully saturated rings. The molecule has 0 bridgehead atoms. The summed E-state index contributed by atoms with van der Waals surface area (Å²) >= 11 is 12.6. The SMILES string of the molecule is O=C1[C@H]2[C@H](c3ccc(Cl)cc3Cl)OC3(C(=O)c4ccccc4C3=O)[C@H]2C(=O)N1C1CCCCC1. The minimum Gasteiger partial charge on any atom is -0.349 e. The Morgan fingerprint density at radius 3 is 2.12 bits per heavy atom. The zero-order valence-corrected chi connectivity index (χ0v) is 19.6. The van der Waals surface area contributed by atoms with E-state index in [1.165, 1.54) is 11.0 Å². The van der Waals surface area contributed by atoms with E-state index in [-0.39, 0.29) is 22.2 Å². The number of carbonyl (C=O) groups is 4. The van der Waals surface area contributed by atoms with Gasteiger partial charge in [-0.2, -0.15) is 0 Å². The Kier molecular flexibility index (Phi) is 5.00. The van der Waals surface area contributed by atoms with Crippen LogP contribution in [0.4, 0.5) is 0 Å². The van der Waals surface area contributed by atoms with Crippen molar-refractivity contribution in [2.24, 2.45) is 11.8 Å². The highest BCUT2D eigenvalue weighted by atomic mass is 35.5. The molecule has 8 heteroatoms. The number of imide groups is 1. The van der Waals surface area contributed by atoms with Gasteiger partial charge in [-0.25, -0.2) is 0 Å². The smallest absolute Gasteiger partial charge is 0.237 e. The third-order valence-electron chi connectivity index (χ3n) is 7.76. The van der Waals surface area contributed by atoms with Crippen molar-refractivity contribution >= 4 is 46.6 Å². The number of Topliss-reactive ketones (excluding diaryl/α,β-unsaturated/α-hetero) is 2. The Balaban J connectivity index is 1.52. The van der Waals surface area contributed by atoms with Crippen LogP contribution in [-0.2, 0) is 14.3 Å². The molecule has 174 valence electrons. The number of likely N-dealkylation sites (tertiary alicyclic amines) is 1. The normalized spacial score (nSPS) is 28.2. The average Bonchev–Trinajstić information content (AvgIpc) is 3.40. The van der Waals surface area contributed by atoms with Gasteiger partial charge in [-0.1, -0.05) is 72.8 Å². The van der Waals surface area contributed by atoms with Gasteiger partial charge in [0, 0.05) is 32.8 Å². The maximum atomic E-state index is 13.9. The highest BCUT2D eigenvalue weighted by Gasteiger charge is 2.75. The number of nitrogens with zero attached hydrogens (tertiary/aromatic N) is 1. The number of hydrogen-bond acceptors (Lipinski definition) is 5. The van der Waals surface area contributed by atoms with Crippen LogP contribution in [0.1, 0.15) is 64.5 Å². The molecule has 2 heterocycles. The monoisotopic (exact) mass is 497 g/mol. The highest BCUT2D eigenvalue weighted by Crippen LogP contribution is 2.58. The number of benzene rings is 2. The molecule has 2 aliphatic heterocycles. The molecule has 6 rings (SSSR count). The van der Waals surface area contributed by atoms with Crippen LogP contribution in [0, 0.1) is 11.8 Å². The van der Waals surface area contributed by atoms with Crippen LogP contribution in [-0.4, -0.2) is 39.9 Å². The van der Waals surface area contributed by atoms with E-state index in [0.717, 1.165) is 32.1 Å². The fourth-order valence-electron chi connectivity index (χ4n) is 6.25. The third kappa shape index (κ3) is 2.79. The van der Waals surface area contributed by atoms with Crippen LogP contribution in [0.15, 0.2) is 42.5 Å². The van der Waals surface area contributed by atoms with Gasteiger partial charge in [0.05, 0.1) is 17.9 Å². The Morgan fingerprint density at radius 2 is 1.50 bits per heavy atom. The number of carbonyl (C=O) groups excluding carboxylic acids is 4. The van der Waals surface area contributed by atoms with Crippen LogP contribution < -0.4 is 0 Å². The third-order valence-corrected chi connectivity index (χ3v) is 8.32. The summed E-state index contributed by atoms with van der Waals surface area (Å²) in [5, 5.41) is 0.649. The van der Waals surface area contributed by atoms with Crippen molar-refractivity contribution in [2.75, 3.05) is 0 Å². The van der Waals surface area contributed by atoms with E-state index in [4.69, 9.17) is 27.9 Å². The van der Waals surface area contributed by atoms with Crippen molar-refractivity contribution in [1.82, 2.24) is 4.90 Å². The molecule has 2 aromatic rings. The molecular formula is C26H21Cl2NO5. The summed E-state index contributed by atoms with van der Waals surface area (Å²) in [5.74, 6) is -4.28. The van der Waals surface area contributed by atoms with Gasteiger partial charge in [-0.3, -0.25) is 24.1 Å². The first-order valence-electron chi connectivity index (χ1n) is 11.5. The maximum absolute atomic E-state index is 13.9. The van der Waals surface area contributed by atoms with E-state index in [0.29, 0.717) is 10.6 Å². The number of ketones is 2. The van der Waals surface area contributed by atoms with E-state index in [2.05, 4.69) is 0 Å². The first-order chi connectivity index (χ1) is 16.4. The Labute approximate surface area is 206 Å².